The predicted molar refractivity (Wildman–Crippen MR) is 117 cm³/mol. The van der Waals surface area contributed by atoms with Gasteiger partial charge in [-0.1, -0.05) is 90.4 Å². The van der Waals surface area contributed by atoms with Crippen molar-refractivity contribution in [2.45, 2.75) is 135 Å². The first-order valence-electron chi connectivity index (χ1n) is 11.6. The van der Waals surface area contributed by atoms with Crippen LogP contribution in [0.3, 0.4) is 0 Å². The van der Waals surface area contributed by atoms with Crippen LogP contribution in [0.1, 0.15) is 118 Å². The van der Waals surface area contributed by atoms with Crippen LogP contribution in [-0.4, -0.2) is 40.7 Å². The van der Waals surface area contributed by atoms with Gasteiger partial charge in [0, 0.05) is 0 Å². The molecule has 5 heteroatoms. The number of aliphatic hydroxyl groups excluding tert-OH is 2. The van der Waals surface area contributed by atoms with Crippen molar-refractivity contribution in [1.29, 1.82) is 0 Å². The lowest BCUT2D eigenvalue weighted by molar-refractivity contribution is 0.0333. The second-order valence-electron chi connectivity index (χ2n) is 9.03. The Morgan fingerprint density at radius 1 is 0.857 bits per heavy atom. The summed E-state index contributed by atoms with van der Waals surface area (Å²) < 4.78 is 5.17. The largest absolute Gasteiger partial charge is 0.444 e. The van der Waals surface area contributed by atoms with Gasteiger partial charge in [-0.2, -0.15) is 0 Å². The van der Waals surface area contributed by atoms with Gasteiger partial charge in [-0.3, -0.25) is 0 Å². The summed E-state index contributed by atoms with van der Waals surface area (Å²) in [7, 11) is 0. The third-order valence-electron chi connectivity index (χ3n) is 4.97. The van der Waals surface area contributed by atoms with Gasteiger partial charge in [-0.25, -0.2) is 4.79 Å². The number of carbonyl (C=O) groups excluding carboxylic acids is 1. The average molecular weight is 402 g/mol. The molecule has 28 heavy (non-hydrogen) atoms. The molecule has 0 spiro atoms. The summed E-state index contributed by atoms with van der Waals surface area (Å²) in [5.41, 5.74) is -0.593. The Bertz CT molecular complexity index is 368. The standard InChI is InChI=1S/C23H47NO4/c1-5-6-7-8-9-10-11-12-13-14-15-16-17-18-21(26)20(19-25)24-22(27)28-23(2,3)4/h20-21,25-26H,5-19H2,1-4H3,(H,24,27)/t20-,21-/m1/s1. The van der Waals surface area contributed by atoms with Crippen LogP contribution in [0.4, 0.5) is 4.79 Å². The van der Waals surface area contributed by atoms with Crippen molar-refractivity contribution in [3.63, 3.8) is 0 Å². The molecular formula is C23H47NO4. The first-order chi connectivity index (χ1) is 13.3. The molecule has 0 aromatic heterocycles. The highest BCUT2D eigenvalue weighted by Gasteiger charge is 2.23. The fourth-order valence-electron chi connectivity index (χ4n) is 3.29. The van der Waals surface area contributed by atoms with E-state index in [1.54, 1.807) is 20.8 Å². The highest BCUT2D eigenvalue weighted by Crippen LogP contribution is 2.14. The molecule has 0 saturated carbocycles. The lowest BCUT2D eigenvalue weighted by Gasteiger charge is -2.25. The predicted octanol–water partition coefficient (Wildman–Crippen LogP) is 5.71. The fraction of sp³-hybridized carbons (Fsp3) is 0.957. The van der Waals surface area contributed by atoms with Gasteiger partial charge in [0.2, 0.25) is 0 Å². The lowest BCUT2D eigenvalue weighted by atomic mass is 10.0. The maximum atomic E-state index is 11.8. The SMILES string of the molecule is CCCCCCCCCCCCCCC[C@@H](O)[C@@H](CO)NC(=O)OC(C)(C)C. The van der Waals surface area contributed by atoms with Crippen molar-refractivity contribution < 1.29 is 19.7 Å². The number of amides is 1. The Hall–Kier alpha value is -0.810. The summed E-state index contributed by atoms with van der Waals surface area (Å²) in [5.74, 6) is 0. The zero-order valence-electron chi connectivity index (χ0n) is 19.0. The smallest absolute Gasteiger partial charge is 0.408 e. The second-order valence-corrected chi connectivity index (χ2v) is 9.03. The van der Waals surface area contributed by atoms with Gasteiger partial charge in [0.05, 0.1) is 18.8 Å². The maximum absolute atomic E-state index is 11.8. The highest BCUT2D eigenvalue weighted by atomic mass is 16.6. The minimum absolute atomic E-state index is 0.293. The van der Waals surface area contributed by atoms with Crippen molar-refractivity contribution in [2.24, 2.45) is 0 Å². The van der Waals surface area contributed by atoms with Gasteiger partial charge in [-0.15, -0.1) is 0 Å². The molecule has 0 bridgehead atoms. The quantitative estimate of drug-likeness (QED) is 0.273. The van der Waals surface area contributed by atoms with Gasteiger partial charge in [-0.05, 0) is 27.2 Å². The van der Waals surface area contributed by atoms with E-state index in [4.69, 9.17) is 4.74 Å². The molecule has 1 amide bonds. The van der Waals surface area contributed by atoms with E-state index in [0.717, 1.165) is 12.8 Å². The molecule has 0 aliphatic rings. The normalized spacial score (nSPS) is 13.9. The molecule has 0 aliphatic carbocycles. The molecule has 0 rings (SSSR count). The van der Waals surface area contributed by atoms with Gasteiger partial charge in [0.25, 0.3) is 0 Å². The monoisotopic (exact) mass is 401 g/mol. The zero-order chi connectivity index (χ0) is 21.3. The summed E-state index contributed by atoms with van der Waals surface area (Å²) in [5, 5.41) is 22.2. The number of hydrogen-bond acceptors (Lipinski definition) is 4. The molecule has 0 unspecified atom stereocenters. The Balaban J connectivity index is 3.61. The van der Waals surface area contributed by atoms with E-state index < -0.39 is 23.8 Å². The first-order valence-corrected chi connectivity index (χ1v) is 11.6. The van der Waals surface area contributed by atoms with E-state index in [2.05, 4.69) is 12.2 Å². The van der Waals surface area contributed by atoms with Crippen LogP contribution in [0.5, 0.6) is 0 Å². The van der Waals surface area contributed by atoms with E-state index >= 15 is 0 Å². The molecule has 0 radical (unpaired) electrons. The van der Waals surface area contributed by atoms with Crippen LogP contribution in [0, 0.1) is 0 Å². The number of ether oxygens (including phenoxy) is 1. The summed E-state index contributed by atoms with van der Waals surface area (Å²) in [6, 6.07) is -0.674. The number of hydrogen-bond donors (Lipinski definition) is 3. The van der Waals surface area contributed by atoms with Gasteiger partial charge < -0.3 is 20.3 Å². The van der Waals surface area contributed by atoms with Crippen LogP contribution in [0.2, 0.25) is 0 Å². The lowest BCUT2D eigenvalue weighted by Crippen LogP contribution is -2.47. The molecule has 0 saturated heterocycles. The van der Waals surface area contributed by atoms with E-state index in [0.29, 0.717) is 6.42 Å². The number of aliphatic hydroxyl groups is 2. The van der Waals surface area contributed by atoms with Crippen molar-refractivity contribution in [1.82, 2.24) is 5.32 Å². The van der Waals surface area contributed by atoms with Gasteiger partial charge in [0.15, 0.2) is 0 Å². The fourth-order valence-corrected chi connectivity index (χ4v) is 3.29. The molecule has 0 aromatic carbocycles. The zero-order valence-corrected chi connectivity index (χ0v) is 19.0. The molecule has 2 atom stereocenters. The summed E-state index contributed by atoms with van der Waals surface area (Å²) in [6.07, 6.45) is 15.9. The average Bonchev–Trinajstić information content (AvgIpc) is 2.61. The second kappa shape index (κ2) is 17.1. The van der Waals surface area contributed by atoms with Crippen molar-refractivity contribution in [2.75, 3.05) is 6.61 Å². The Labute approximate surface area is 173 Å². The summed E-state index contributed by atoms with van der Waals surface area (Å²) in [6.45, 7) is 7.31. The van der Waals surface area contributed by atoms with Crippen LogP contribution in [0.25, 0.3) is 0 Å². The summed E-state index contributed by atoms with van der Waals surface area (Å²) >= 11 is 0. The van der Waals surface area contributed by atoms with E-state index in [1.807, 2.05) is 0 Å². The minimum Gasteiger partial charge on any atom is -0.444 e. The first kappa shape index (κ1) is 27.2. The van der Waals surface area contributed by atoms with Crippen molar-refractivity contribution in [3.05, 3.63) is 0 Å². The topological polar surface area (TPSA) is 78.8 Å². The van der Waals surface area contributed by atoms with E-state index in [-0.39, 0.29) is 6.61 Å². The third-order valence-corrected chi connectivity index (χ3v) is 4.97. The van der Waals surface area contributed by atoms with Gasteiger partial charge in [0.1, 0.15) is 5.60 Å². The van der Waals surface area contributed by atoms with Gasteiger partial charge >= 0.3 is 6.09 Å². The number of nitrogens with one attached hydrogen (secondary N) is 1. The van der Waals surface area contributed by atoms with Crippen LogP contribution in [0.15, 0.2) is 0 Å². The highest BCUT2D eigenvalue weighted by molar-refractivity contribution is 5.68. The molecule has 0 fully saturated rings. The van der Waals surface area contributed by atoms with Crippen LogP contribution >= 0.6 is 0 Å². The number of carbonyl (C=O) groups is 1. The van der Waals surface area contributed by atoms with Crippen molar-refractivity contribution in [3.8, 4) is 0 Å². The van der Waals surface area contributed by atoms with E-state index in [1.165, 1.54) is 70.6 Å². The Morgan fingerprint density at radius 2 is 1.29 bits per heavy atom. The Morgan fingerprint density at radius 3 is 1.68 bits per heavy atom. The number of unbranched alkanes of at least 4 members (excludes halogenated alkanes) is 12. The number of alkyl carbamates (subject to hydrolysis) is 1. The third kappa shape index (κ3) is 17.3. The molecule has 0 heterocycles. The minimum atomic E-state index is -0.745. The van der Waals surface area contributed by atoms with Crippen molar-refractivity contribution >= 4 is 6.09 Å². The molecule has 3 N–H and O–H groups in total. The van der Waals surface area contributed by atoms with Crippen LogP contribution in [-0.2, 0) is 4.74 Å². The molecule has 0 aliphatic heterocycles. The van der Waals surface area contributed by atoms with E-state index in [9.17, 15) is 15.0 Å². The molecule has 5 nitrogen and oxygen atoms in total. The number of rotatable bonds is 17. The summed E-state index contributed by atoms with van der Waals surface area (Å²) in [4.78, 5) is 11.8. The molecular weight excluding hydrogens is 354 g/mol. The maximum Gasteiger partial charge on any atom is 0.408 e. The van der Waals surface area contributed by atoms with Crippen LogP contribution < -0.4 is 5.32 Å². The molecule has 0 aromatic rings. The Kier molecular flexibility index (Phi) is 16.6. The molecule has 168 valence electrons.